The molecule has 2 rings (SSSR count). The third-order valence-corrected chi connectivity index (χ3v) is 3.86. The van der Waals surface area contributed by atoms with Crippen molar-refractivity contribution >= 4 is 33.0 Å². The van der Waals surface area contributed by atoms with Crippen molar-refractivity contribution in [2.75, 3.05) is 18.9 Å². The molecule has 0 bridgehead atoms. The molecular formula is C12H13FN2O3S. The van der Waals surface area contributed by atoms with Gasteiger partial charge in [-0.3, -0.25) is 4.79 Å². The number of nitrogen functional groups attached to an aromatic ring is 1. The Bertz CT molecular complexity index is 610. The van der Waals surface area contributed by atoms with Gasteiger partial charge in [-0.1, -0.05) is 0 Å². The maximum atomic E-state index is 13.1. The fourth-order valence-electron chi connectivity index (χ4n) is 1.66. The van der Waals surface area contributed by atoms with Gasteiger partial charge in [0.1, 0.15) is 10.7 Å². The fourth-order valence-corrected chi connectivity index (χ4v) is 2.66. The Balaban J connectivity index is 2.35. The van der Waals surface area contributed by atoms with Crippen LogP contribution >= 0.6 is 11.3 Å². The second-order valence-electron chi connectivity index (χ2n) is 4.02. The molecule has 0 spiro atoms. The Hall–Kier alpha value is -1.70. The molecule has 0 atom stereocenters. The van der Waals surface area contributed by atoms with Crippen molar-refractivity contribution in [2.24, 2.45) is 0 Å². The first-order chi connectivity index (χ1) is 9.06. The number of fused-ring (bicyclic) bond motifs is 1. The molecule has 0 saturated heterocycles. The Labute approximate surface area is 112 Å². The summed E-state index contributed by atoms with van der Waals surface area (Å²) < 4.78 is 13.8. The SMILES string of the molecule is Nc1c(C(=O)NC(CO)CO)sc2ccc(F)cc12. The molecule has 5 nitrogen and oxygen atoms in total. The van der Waals surface area contributed by atoms with Gasteiger partial charge in [-0.15, -0.1) is 11.3 Å². The number of anilines is 1. The summed E-state index contributed by atoms with van der Waals surface area (Å²) in [6.45, 7) is -0.747. The molecule has 0 aliphatic carbocycles. The molecule has 0 aliphatic heterocycles. The van der Waals surface area contributed by atoms with Crippen molar-refractivity contribution in [1.29, 1.82) is 0 Å². The number of carbonyl (C=O) groups is 1. The molecule has 2 aromatic rings. The molecule has 0 aliphatic rings. The zero-order valence-corrected chi connectivity index (χ0v) is 10.7. The van der Waals surface area contributed by atoms with Crippen LogP contribution in [0.5, 0.6) is 0 Å². The molecule has 1 amide bonds. The summed E-state index contributed by atoms with van der Waals surface area (Å²) in [5.74, 6) is -0.917. The molecule has 7 heteroatoms. The highest BCUT2D eigenvalue weighted by molar-refractivity contribution is 7.21. The van der Waals surface area contributed by atoms with Crippen molar-refractivity contribution in [2.45, 2.75) is 6.04 Å². The third kappa shape index (κ3) is 2.67. The topological polar surface area (TPSA) is 95.6 Å². The fraction of sp³-hybridized carbons (Fsp3) is 0.250. The zero-order valence-electron chi connectivity index (χ0n) is 9.89. The van der Waals surface area contributed by atoms with Gasteiger partial charge in [-0.25, -0.2) is 4.39 Å². The third-order valence-electron chi connectivity index (χ3n) is 2.67. The van der Waals surface area contributed by atoms with Crippen LogP contribution < -0.4 is 11.1 Å². The van der Waals surface area contributed by atoms with Gasteiger partial charge in [0, 0.05) is 10.1 Å². The maximum Gasteiger partial charge on any atom is 0.263 e. The Morgan fingerprint density at radius 3 is 2.74 bits per heavy atom. The highest BCUT2D eigenvalue weighted by Crippen LogP contribution is 2.33. The van der Waals surface area contributed by atoms with Gasteiger partial charge in [-0.2, -0.15) is 0 Å². The van der Waals surface area contributed by atoms with Crippen LogP contribution in [0.1, 0.15) is 9.67 Å². The van der Waals surface area contributed by atoms with E-state index in [-0.39, 0.29) is 23.8 Å². The first kappa shape index (κ1) is 13.7. The maximum absolute atomic E-state index is 13.1. The molecular weight excluding hydrogens is 271 g/mol. The zero-order chi connectivity index (χ0) is 14.0. The molecule has 0 fully saturated rings. The molecule has 5 N–H and O–H groups in total. The summed E-state index contributed by atoms with van der Waals surface area (Å²) in [7, 11) is 0. The molecule has 102 valence electrons. The standard InChI is InChI=1S/C12H13FN2O3S/c13-6-1-2-9-8(3-6)10(14)11(19-9)12(18)15-7(4-16)5-17/h1-3,7,16-17H,4-5,14H2,(H,15,18). The average molecular weight is 284 g/mol. The van der Waals surface area contributed by atoms with Gasteiger partial charge in [0.2, 0.25) is 0 Å². The number of aliphatic hydroxyl groups excluding tert-OH is 2. The predicted molar refractivity (Wildman–Crippen MR) is 71.6 cm³/mol. The molecule has 0 unspecified atom stereocenters. The van der Waals surface area contributed by atoms with Crippen LogP contribution in [0.2, 0.25) is 0 Å². The number of halogens is 1. The average Bonchev–Trinajstić information content (AvgIpc) is 2.73. The van der Waals surface area contributed by atoms with Crippen LogP contribution in [0.25, 0.3) is 10.1 Å². The van der Waals surface area contributed by atoms with Crippen molar-refractivity contribution in [1.82, 2.24) is 5.32 Å². The van der Waals surface area contributed by atoms with Gasteiger partial charge in [0.15, 0.2) is 0 Å². The summed E-state index contributed by atoms with van der Waals surface area (Å²) in [6, 6.07) is 3.38. The highest BCUT2D eigenvalue weighted by atomic mass is 32.1. The number of nitrogens with one attached hydrogen (secondary N) is 1. The number of hydrogen-bond donors (Lipinski definition) is 4. The smallest absolute Gasteiger partial charge is 0.263 e. The van der Waals surface area contributed by atoms with Crippen LogP contribution in [0.15, 0.2) is 18.2 Å². The predicted octanol–water partition coefficient (Wildman–Crippen LogP) is 0.706. The lowest BCUT2D eigenvalue weighted by Gasteiger charge is -2.12. The normalized spacial score (nSPS) is 11.2. The number of aliphatic hydroxyl groups is 2. The highest BCUT2D eigenvalue weighted by Gasteiger charge is 2.19. The van der Waals surface area contributed by atoms with E-state index in [0.717, 1.165) is 11.3 Å². The van der Waals surface area contributed by atoms with Crippen LogP contribution in [-0.2, 0) is 0 Å². The number of amides is 1. The van der Waals surface area contributed by atoms with Gasteiger partial charge in [0.05, 0.1) is 24.9 Å². The van der Waals surface area contributed by atoms with Crippen molar-refractivity contribution in [3.05, 3.63) is 28.9 Å². The lowest BCUT2D eigenvalue weighted by molar-refractivity contribution is 0.0884. The van der Waals surface area contributed by atoms with Gasteiger partial charge in [-0.05, 0) is 18.2 Å². The largest absolute Gasteiger partial charge is 0.397 e. The van der Waals surface area contributed by atoms with Crippen molar-refractivity contribution < 1.29 is 19.4 Å². The minimum atomic E-state index is -0.742. The van der Waals surface area contributed by atoms with Gasteiger partial charge >= 0.3 is 0 Å². The summed E-state index contributed by atoms with van der Waals surface area (Å²) in [5.41, 5.74) is 6.03. The second kappa shape index (κ2) is 5.52. The Kier molecular flexibility index (Phi) is 3.98. The first-order valence-electron chi connectivity index (χ1n) is 5.57. The summed E-state index contributed by atoms with van der Waals surface area (Å²) in [5, 5.41) is 20.8. The number of carbonyl (C=O) groups excluding carboxylic acids is 1. The van der Waals surface area contributed by atoms with E-state index < -0.39 is 17.8 Å². The minimum absolute atomic E-state index is 0.201. The molecule has 19 heavy (non-hydrogen) atoms. The van der Waals surface area contributed by atoms with Crippen LogP contribution in [0.3, 0.4) is 0 Å². The van der Waals surface area contributed by atoms with Gasteiger partial charge < -0.3 is 21.3 Å². The Morgan fingerprint density at radius 2 is 2.11 bits per heavy atom. The summed E-state index contributed by atoms with van der Waals surface area (Å²) in [4.78, 5) is 12.2. The number of hydrogen-bond acceptors (Lipinski definition) is 5. The molecule has 1 aromatic carbocycles. The number of thiophene rings is 1. The van der Waals surface area contributed by atoms with Crippen molar-refractivity contribution in [3.63, 3.8) is 0 Å². The van der Waals surface area contributed by atoms with E-state index in [1.807, 2.05) is 0 Å². The van der Waals surface area contributed by atoms with E-state index in [9.17, 15) is 9.18 Å². The van der Waals surface area contributed by atoms with E-state index >= 15 is 0 Å². The van der Waals surface area contributed by atoms with Crippen LogP contribution in [0, 0.1) is 5.82 Å². The molecule has 1 heterocycles. The monoisotopic (exact) mass is 284 g/mol. The van der Waals surface area contributed by atoms with E-state index in [1.165, 1.54) is 12.1 Å². The number of rotatable bonds is 4. The number of benzene rings is 1. The van der Waals surface area contributed by atoms with Crippen LogP contribution in [0.4, 0.5) is 10.1 Å². The van der Waals surface area contributed by atoms with E-state index in [1.54, 1.807) is 6.07 Å². The molecule has 0 saturated carbocycles. The van der Waals surface area contributed by atoms with Gasteiger partial charge in [0.25, 0.3) is 5.91 Å². The lowest BCUT2D eigenvalue weighted by atomic mass is 10.2. The number of nitrogens with two attached hydrogens (primary N) is 1. The lowest BCUT2D eigenvalue weighted by Crippen LogP contribution is -2.39. The second-order valence-corrected chi connectivity index (χ2v) is 5.07. The van der Waals surface area contributed by atoms with Crippen LogP contribution in [-0.4, -0.2) is 35.4 Å². The minimum Gasteiger partial charge on any atom is -0.397 e. The van der Waals surface area contributed by atoms with E-state index in [0.29, 0.717) is 10.1 Å². The Morgan fingerprint density at radius 1 is 1.42 bits per heavy atom. The van der Waals surface area contributed by atoms with E-state index in [2.05, 4.69) is 5.32 Å². The molecule has 0 radical (unpaired) electrons. The van der Waals surface area contributed by atoms with Crippen molar-refractivity contribution in [3.8, 4) is 0 Å². The quantitative estimate of drug-likeness (QED) is 0.665. The summed E-state index contributed by atoms with van der Waals surface area (Å²) in [6.07, 6.45) is 0. The van der Waals surface area contributed by atoms with E-state index in [4.69, 9.17) is 15.9 Å². The molecule has 1 aromatic heterocycles. The first-order valence-corrected chi connectivity index (χ1v) is 6.38. The summed E-state index contributed by atoms with van der Waals surface area (Å²) >= 11 is 1.14.